The van der Waals surface area contributed by atoms with Gasteiger partial charge >= 0.3 is 0 Å². The number of nitrogens with zero attached hydrogens (tertiary/aromatic N) is 2. The van der Waals surface area contributed by atoms with Gasteiger partial charge in [-0.05, 0) is 24.3 Å². The lowest BCUT2D eigenvalue weighted by molar-refractivity contribution is -0.121. The molecule has 2 aromatic carbocycles. The molecule has 1 saturated heterocycles. The Morgan fingerprint density at radius 3 is 2.59 bits per heavy atom. The zero-order valence-corrected chi connectivity index (χ0v) is 15.2. The van der Waals surface area contributed by atoms with Crippen molar-refractivity contribution in [2.24, 2.45) is 4.99 Å². The SMILES string of the molecule is O=C1C[C@H](SC(=NCCO)Nc2ccccc2)C(=O)N1c1ccccc1F. The summed E-state index contributed by atoms with van der Waals surface area (Å²) in [5.41, 5.74) is 0.727. The number of halogens is 1. The van der Waals surface area contributed by atoms with Gasteiger partial charge in [0.2, 0.25) is 11.8 Å². The predicted molar refractivity (Wildman–Crippen MR) is 104 cm³/mol. The van der Waals surface area contributed by atoms with E-state index >= 15 is 0 Å². The third kappa shape index (κ3) is 4.53. The summed E-state index contributed by atoms with van der Waals surface area (Å²) < 4.78 is 14.0. The Hall–Kier alpha value is -2.71. The summed E-state index contributed by atoms with van der Waals surface area (Å²) >= 11 is 1.10. The average molecular weight is 387 g/mol. The molecule has 1 aliphatic rings. The van der Waals surface area contributed by atoms with Crippen molar-refractivity contribution in [2.75, 3.05) is 23.4 Å². The van der Waals surface area contributed by atoms with Crippen molar-refractivity contribution >= 4 is 40.1 Å². The summed E-state index contributed by atoms with van der Waals surface area (Å²) in [5.74, 6) is -1.56. The van der Waals surface area contributed by atoms with E-state index in [4.69, 9.17) is 5.11 Å². The predicted octanol–water partition coefficient (Wildman–Crippen LogP) is 2.65. The molecular weight excluding hydrogens is 369 g/mol. The van der Waals surface area contributed by atoms with Crippen LogP contribution in [0.4, 0.5) is 15.8 Å². The maximum absolute atomic E-state index is 14.0. The first kappa shape index (κ1) is 19.1. The normalized spacial score (nSPS) is 17.5. The highest BCUT2D eigenvalue weighted by Gasteiger charge is 2.41. The van der Waals surface area contributed by atoms with Crippen LogP contribution in [0.15, 0.2) is 59.6 Å². The minimum Gasteiger partial charge on any atom is -0.394 e. The molecule has 27 heavy (non-hydrogen) atoms. The molecule has 6 nitrogen and oxygen atoms in total. The van der Waals surface area contributed by atoms with Crippen LogP contribution in [0.1, 0.15) is 6.42 Å². The first-order valence-electron chi connectivity index (χ1n) is 8.35. The number of anilines is 2. The first-order valence-corrected chi connectivity index (χ1v) is 9.23. The van der Waals surface area contributed by atoms with Crippen molar-refractivity contribution in [3.05, 3.63) is 60.4 Å². The Morgan fingerprint density at radius 1 is 1.19 bits per heavy atom. The van der Waals surface area contributed by atoms with Crippen LogP contribution in [0.3, 0.4) is 0 Å². The number of hydrogen-bond donors (Lipinski definition) is 2. The number of carbonyl (C=O) groups excluding carboxylic acids is 2. The number of nitrogens with one attached hydrogen (secondary N) is 1. The number of aliphatic hydroxyl groups excluding tert-OH is 1. The highest BCUT2D eigenvalue weighted by molar-refractivity contribution is 8.15. The molecule has 1 heterocycles. The van der Waals surface area contributed by atoms with Crippen LogP contribution in [0.25, 0.3) is 0 Å². The molecule has 0 aliphatic carbocycles. The molecule has 0 radical (unpaired) electrons. The molecule has 2 N–H and O–H groups in total. The summed E-state index contributed by atoms with van der Waals surface area (Å²) in [4.78, 5) is 30.2. The number of aliphatic imine (C=N–C) groups is 1. The fraction of sp³-hybridized carbons (Fsp3) is 0.211. The van der Waals surface area contributed by atoms with Crippen molar-refractivity contribution in [1.29, 1.82) is 0 Å². The van der Waals surface area contributed by atoms with Crippen molar-refractivity contribution in [3.8, 4) is 0 Å². The number of imide groups is 1. The summed E-state index contributed by atoms with van der Waals surface area (Å²) in [7, 11) is 0. The van der Waals surface area contributed by atoms with E-state index in [9.17, 15) is 14.0 Å². The monoisotopic (exact) mass is 387 g/mol. The van der Waals surface area contributed by atoms with Gasteiger partial charge in [-0.1, -0.05) is 42.1 Å². The zero-order valence-electron chi connectivity index (χ0n) is 14.3. The number of aliphatic hydroxyl groups is 1. The van der Waals surface area contributed by atoms with Crippen LogP contribution in [-0.4, -0.2) is 40.5 Å². The van der Waals surface area contributed by atoms with Gasteiger partial charge in [0, 0.05) is 12.1 Å². The van der Waals surface area contributed by atoms with E-state index in [1.165, 1.54) is 18.2 Å². The van der Waals surface area contributed by atoms with E-state index in [1.54, 1.807) is 6.07 Å². The molecule has 1 atom stereocenters. The zero-order chi connectivity index (χ0) is 19.2. The molecule has 2 amide bonds. The van der Waals surface area contributed by atoms with Crippen LogP contribution >= 0.6 is 11.8 Å². The summed E-state index contributed by atoms with van der Waals surface area (Å²) in [6.45, 7) is 0.0213. The summed E-state index contributed by atoms with van der Waals surface area (Å²) in [5, 5.41) is 11.8. The fourth-order valence-corrected chi connectivity index (χ4v) is 3.66. The molecular formula is C19H18FN3O3S. The van der Waals surface area contributed by atoms with Crippen LogP contribution in [0.5, 0.6) is 0 Å². The number of carbonyl (C=O) groups is 2. The van der Waals surface area contributed by atoms with Gasteiger partial charge in [0.05, 0.1) is 18.8 Å². The first-order chi connectivity index (χ1) is 13.1. The summed E-state index contributed by atoms with van der Waals surface area (Å²) in [6, 6.07) is 14.9. The third-order valence-electron chi connectivity index (χ3n) is 3.83. The van der Waals surface area contributed by atoms with Crippen molar-refractivity contribution in [2.45, 2.75) is 11.7 Å². The van der Waals surface area contributed by atoms with E-state index in [0.29, 0.717) is 5.17 Å². The molecule has 1 aliphatic heterocycles. The van der Waals surface area contributed by atoms with Crippen molar-refractivity contribution in [3.63, 3.8) is 0 Å². The van der Waals surface area contributed by atoms with Gasteiger partial charge in [-0.25, -0.2) is 9.29 Å². The second kappa shape index (κ2) is 8.79. The Labute approximate surface area is 160 Å². The van der Waals surface area contributed by atoms with Crippen LogP contribution in [0.2, 0.25) is 0 Å². The van der Waals surface area contributed by atoms with E-state index in [-0.39, 0.29) is 25.3 Å². The number of thioether (sulfide) groups is 1. The van der Waals surface area contributed by atoms with E-state index < -0.39 is 22.9 Å². The number of para-hydroxylation sites is 2. The van der Waals surface area contributed by atoms with Crippen LogP contribution in [-0.2, 0) is 9.59 Å². The lowest BCUT2D eigenvalue weighted by Gasteiger charge is -2.16. The van der Waals surface area contributed by atoms with Crippen LogP contribution < -0.4 is 10.2 Å². The maximum Gasteiger partial charge on any atom is 0.247 e. The second-order valence-corrected chi connectivity index (χ2v) is 6.92. The molecule has 2 aromatic rings. The number of amides is 2. The van der Waals surface area contributed by atoms with Crippen LogP contribution in [0, 0.1) is 5.82 Å². The van der Waals surface area contributed by atoms with Gasteiger partial charge in [0.15, 0.2) is 5.17 Å². The largest absolute Gasteiger partial charge is 0.394 e. The Balaban J connectivity index is 1.77. The van der Waals surface area contributed by atoms with Gasteiger partial charge < -0.3 is 10.4 Å². The highest BCUT2D eigenvalue weighted by Crippen LogP contribution is 2.32. The van der Waals surface area contributed by atoms with Gasteiger partial charge in [-0.15, -0.1) is 0 Å². The van der Waals surface area contributed by atoms with Crippen molar-refractivity contribution < 1.29 is 19.1 Å². The molecule has 3 rings (SSSR count). The Bertz CT molecular complexity index is 860. The van der Waals surface area contributed by atoms with Gasteiger partial charge in [0.25, 0.3) is 0 Å². The maximum atomic E-state index is 14.0. The smallest absolute Gasteiger partial charge is 0.247 e. The van der Waals surface area contributed by atoms with E-state index in [0.717, 1.165) is 22.3 Å². The number of hydrogen-bond acceptors (Lipinski definition) is 5. The van der Waals surface area contributed by atoms with Gasteiger partial charge in [-0.3, -0.25) is 14.6 Å². The quantitative estimate of drug-likeness (QED) is 0.468. The molecule has 0 unspecified atom stereocenters. The molecule has 0 spiro atoms. The molecule has 8 heteroatoms. The fourth-order valence-electron chi connectivity index (χ4n) is 2.62. The standard InChI is InChI=1S/C19H18FN3O3S/c20-14-8-4-5-9-15(14)23-17(25)12-16(18(23)26)27-19(21-10-11-24)22-13-6-2-1-3-7-13/h1-9,16,24H,10-12H2,(H,21,22)/t16-/m0/s1. The minimum absolute atomic E-state index is 0.0412. The Morgan fingerprint density at radius 2 is 1.89 bits per heavy atom. The Kier molecular flexibility index (Phi) is 6.20. The third-order valence-corrected chi connectivity index (χ3v) is 4.94. The number of rotatable bonds is 5. The van der Waals surface area contributed by atoms with Crippen molar-refractivity contribution in [1.82, 2.24) is 0 Å². The molecule has 1 fully saturated rings. The lowest BCUT2D eigenvalue weighted by atomic mass is 10.3. The molecule has 0 aromatic heterocycles. The van der Waals surface area contributed by atoms with Gasteiger partial charge in [0.1, 0.15) is 11.1 Å². The summed E-state index contributed by atoms with van der Waals surface area (Å²) in [6.07, 6.45) is -0.0492. The van der Waals surface area contributed by atoms with Gasteiger partial charge in [-0.2, -0.15) is 0 Å². The molecule has 140 valence electrons. The lowest BCUT2D eigenvalue weighted by Crippen LogP contribution is -2.32. The highest BCUT2D eigenvalue weighted by atomic mass is 32.2. The number of benzene rings is 2. The minimum atomic E-state index is -0.717. The molecule has 0 bridgehead atoms. The molecule has 0 saturated carbocycles. The number of amidine groups is 1. The average Bonchev–Trinajstić information content (AvgIpc) is 2.94. The van der Waals surface area contributed by atoms with E-state index in [2.05, 4.69) is 10.3 Å². The van der Waals surface area contributed by atoms with E-state index in [1.807, 2.05) is 30.3 Å². The second-order valence-electron chi connectivity index (χ2n) is 5.73. The topological polar surface area (TPSA) is 82.0 Å².